The smallest absolute Gasteiger partial charge is 0.333 e. The van der Waals surface area contributed by atoms with Gasteiger partial charge in [-0.1, -0.05) is 0 Å². The Labute approximate surface area is 183 Å². The summed E-state index contributed by atoms with van der Waals surface area (Å²) >= 11 is 0. The molecule has 0 spiro atoms. The van der Waals surface area contributed by atoms with Crippen molar-refractivity contribution in [3.63, 3.8) is 0 Å². The van der Waals surface area contributed by atoms with E-state index in [-0.39, 0.29) is 32.5 Å². The van der Waals surface area contributed by atoms with Crippen molar-refractivity contribution in [2.24, 2.45) is 0 Å². The van der Waals surface area contributed by atoms with Crippen molar-refractivity contribution in [3.05, 3.63) is 0 Å². The van der Waals surface area contributed by atoms with Gasteiger partial charge in [0.05, 0.1) is 0 Å². The van der Waals surface area contributed by atoms with Gasteiger partial charge in [0.15, 0.2) is 6.29 Å². The zero-order chi connectivity index (χ0) is 23.8. The predicted octanol–water partition coefficient (Wildman–Crippen LogP) is -1.70. The lowest BCUT2D eigenvalue weighted by molar-refractivity contribution is -0.271. The van der Waals surface area contributed by atoms with E-state index in [1.807, 2.05) is 0 Å². The van der Waals surface area contributed by atoms with Gasteiger partial charge in [-0.25, -0.2) is 4.79 Å². The van der Waals surface area contributed by atoms with Crippen LogP contribution in [0.5, 0.6) is 0 Å². The van der Waals surface area contributed by atoms with Crippen LogP contribution in [0.25, 0.3) is 0 Å². The van der Waals surface area contributed by atoms with E-state index in [0.29, 0.717) is 17.9 Å². The molecule has 32 heavy (non-hydrogen) atoms. The molecule has 13 nitrogen and oxygen atoms in total. The Kier molecular flexibility index (Phi) is 9.50. The number of hydrogen-bond donors (Lipinski definition) is 3. The molecule has 0 aromatic carbocycles. The number of unbranched alkanes of at least 4 members (excludes halogenated alkanes) is 1. The number of rotatable bonds is 10. The molecule has 0 saturated carbocycles. The molecule has 3 amide bonds. The first-order valence-electron chi connectivity index (χ1n) is 10.2. The van der Waals surface area contributed by atoms with Crippen molar-refractivity contribution in [3.8, 4) is 0 Å². The monoisotopic (exact) mass is 460 g/mol. The van der Waals surface area contributed by atoms with Crippen molar-refractivity contribution < 1.29 is 53.2 Å². The fourth-order valence-corrected chi connectivity index (χ4v) is 3.18. The quantitative estimate of drug-likeness (QED) is 0.192. The third kappa shape index (κ3) is 7.22. The van der Waals surface area contributed by atoms with E-state index in [1.165, 1.54) is 13.8 Å². The molecule has 0 unspecified atom stereocenters. The number of hydroxylamine groups is 2. The highest BCUT2D eigenvalue weighted by atomic mass is 16.7. The molecule has 0 aliphatic carbocycles. The molecule has 2 aliphatic heterocycles. The molecule has 2 saturated heterocycles. The lowest BCUT2D eigenvalue weighted by atomic mass is 9.97. The number of ether oxygens (including phenoxy) is 3. The number of carbonyl (C=O) groups is 5. The van der Waals surface area contributed by atoms with E-state index in [2.05, 4.69) is 5.32 Å². The molecule has 2 fully saturated rings. The largest absolute Gasteiger partial charge is 0.463 e. The highest BCUT2D eigenvalue weighted by molar-refractivity contribution is 6.01. The van der Waals surface area contributed by atoms with Gasteiger partial charge in [-0.15, -0.1) is 5.06 Å². The van der Waals surface area contributed by atoms with Gasteiger partial charge >= 0.3 is 11.9 Å². The molecule has 0 aromatic heterocycles. The summed E-state index contributed by atoms with van der Waals surface area (Å²) in [5.74, 6) is -2.94. The van der Waals surface area contributed by atoms with Crippen LogP contribution in [0.2, 0.25) is 0 Å². The van der Waals surface area contributed by atoms with Crippen molar-refractivity contribution in [2.45, 2.75) is 76.6 Å². The zero-order valence-corrected chi connectivity index (χ0v) is 17.9. The Morgan fingerprint density at radius 3 is 2.34 bits per heavy atom. The average molecular weight is 460 g/mol. The summed E-state index contributed by atoms with van der Waals surface area (Å²) in [5.41, 5.74) is 0. The van der Waals surface area contributed by atoms with Crippen LogP contribution in [0.15, 0.2) is 0 Å². The number of aliphatic hydroxyl groups excluding tert-OH is 2. The SMILES string of the molecule is CC(=O)N[C@H]1[C@H](OCCCCC(=O)ON2C(=O)CCC2=O)O[C@H](COC(C)=O)[C@H](O)[C@@H]1O. The average Bonchev–Trinajstić information content (AvgIpc) is 3.03. The van der Waals surface area contributed by atoms with Gasteiger partial charge in [-0.05, 0) is 12.8 Å². The van der Waals surface area contributed by atoms with Gasteiger partial charge in [-0.3, -0.25) is 19.2 Å². The van der Waals surface area contributed by atoms with E-state index in [4.69, 9.17) is 19.0 Å². The van der Waals surface area contributed by atoms with Crippen molar-refractivity contribution in [1.29, 1.82) is 0 Å². The molecular formula is C19H28N2O11. The van der Waals surface area contributed by atoms with Crippen LogP contribution in [-0.4, -0.2) is 88.8 Å². The van der Waals surface area contributed by atoms with E-state index in [0.717, 1.165) is 0 Å². The van der Waals surface area contributed by atoms with Crippen LogP contribution in [-0.2, 0) is 43.0 Å². The summed E-state index contributed by atoms with van der Waals surface area (Å²) in [6.07, 6.45) is -4.51. The van der Waals surface area contributed by atoms with Crippen LogP contribution in [0.3, 0.4) is 0 Å². The lowest BCUT2D eigenvalue weighted by Crippen LogP contribution is -2.64. The molecule has 0 aromatic rings. The fraction of sp³-hybridized carbons (Fsp3) is 0.737. The lowest BCUT2D eigenvalue weighted by Gasteiger charge is -2.42. The third-order valence-corrected chi connectivity index (χ3v) is 4.78. The first kappa shape index (κ1) is 25.6. The van der Waals surface area contributed by atoms with Gasteiger partial charge in [0.1, 0.15) is 31.0 Å². The van der Waals surface area contributed by atoms with Crippen molar-refractivity contribution in [2.75, 3.05) is 13.2 Å². The number of nitrogens with zero attached hydrogens (tertiary/aromatic N) is 1. The van der Waals surface area contributed by atoms with Gasteiger partial charge in [0.2, 0.25) is 5.91 Å². The molecule has 0 bridgehead atoms. The summed E-state index contributed by atoms with van der Waals surface area (Å²) in [4.78, 5) is 61.9. The second-order valence-corrected chi connectivity index (χ2v) is 7.43. The highest BCUT2D eigenvalue weighted by Gasteiger charge is 2.46. The molecule has 5 atom stereocenters. The second-order valence-electron chi connectivity index (χ2n) is 7.43. The van der Waals surface area contributed by atoms with Crippen molar-refractivity contribution in [1.82, 2.24) is 10.4 Å². The molecule has 180 valence electrons. The maximum absolute atomic E-state index is 11.8. The van der Waals surface area contributed by atoms with Crippen LogP contribution in [0.4, 0.5) is 0 Å². The first-order chi connectivity index (χ1) is 15.1. The number of esters is 1. The standard InChI is InChI=1S/C19H28N2O11/c1-10(22)20-16-18(28)17(27)12(9-30-11(2)23)31-19(16)29-8-4-3-5-15(26)32-21-13(24)6-7-14(21)25/h12,16-19,27-28H,3-9H2,1-2H3,(H,20,22)/t12-,16-,17+,18-,19-/m1/s1. The molecule has 2 rings (SSSR count). The van der Waals surface area contributed by atoms with Gasteiger partial charge in [0.25, 0.3) is 11.8 Å². The maximum atomic E-state index is 11.8. The van der Waals surface area contributed by atoms with Gasteiger partial charge in [-0.2, -0.15) is 0 Å². The Balaban J connectivity index is 1.81. The van der Waals surface area contributed by atoms with Gasteiger partial charge in [0, 0.05) is 39.7 Å². The zero-order valence-electron chi connectivity index (χ0n) is 17.9. The third-order valence-electron chi connectivity index (χ3n) is 4.78. The number of imide groups is 1. The number of aliphatic hydroxyl groups is 2. The number of carbonyl (C=O) groups excluding carboxylic acids is 5. The fourth-order valence-electron chi connectivity index (χ4n) is 3.18. The Morgan fingerprint density at radius 1 is 1.09 bits per heavy atom. The van der Waals surface area contributed by atoms with Crippen LogP contribution in [0, 0.1) is 0 Å². The topological polar surface area (TPSA) is 178 Å². The first-order valence-corrected chi connectivity index (χ1v) is 10.2. The maximum Gasteiger partial charge on any atom is 0.333 e. The predicted molar refractivity (Wildman–Crippen MR) is 102 cm³/mol. The van der Waals surface area contributed by atoms with Gasteiger partial charge < -0.3 is 34.6 Å². The minimum absolute atomic E-state index is 0.00973. The van der Waals surface area contributed by atoms with E-state index >= 15 is 0 Å². The molecule has 3 N–H and O–H groups in total. The van der Waals surface area contributed by atoms with E-state index in [9.17, 15) is 34.2 Å². The Morgan fingerprint density at radius 2 is 1.75 bits per heavy atom. The molecule has 2 heterocycles. The summed E-state index contributed by atoms with van der Waals surface area (Å²) in [5, 5.41) is 23.5. The minimum atomic E-state index is -1.44. The van der Waals surface area contributed by atoms with Crippen LogP contribution in [0.1, 0.15) is 46.0 Å². The van der Waals surface area contributed by atoms with E-state index in [1.54, 1.807) is 0 Å². The van der Waals surface area contributed by atoms with Crippen molar-refractivity contribution >= 4 is 29.7 Å². The molecule has 0 radical (unpaired) electrons. The number of amides is 3. The molecular weight excluding hydrogens is 432 g/mol. The van der Waals surface area contributed by atoms with Crippen LogP contribution < -0.4 is 5.32 Å². The number of hydrogen-bond acceptors (Lipinski definition) is 11. The summed E-state index contributed by atoms with van der Waals surface area (Å²) in [6.45, 7) is 2.14. The molecule has 13 heteroatoms. The van der Waals surface area contributed by atoms with E-state index < -0.39 is 60.3 Å². The summed E-state index contributed by atoms with van der Waals surface area (Å²) < 4.78 is 16.0. The summed E-state index contributed by atoms with van der Waals surface area (Å²) in [6, 6.07) is -1.08. The second kappa shape index (κ2) is 11.9. The highest BCUT2D eigenvalue weighted by Crippen LogP contribution is 2.23. The Hall–Kier alpha value is -2.61. The number of nitrogens with one attached hydrogen (secondary N) is 1. The molecule has 2 aliphatic rings. The van der Waals surface area contributed by atoms with Crippen LogP contribution >= 0.6 is 0 Å². The minimum Gasteiger partial charge on any atom is -0.463 e. The normalized spacial score (nSPS) is 27.9. The Bertz CT molecular complexity index is 710. The summed E-state index contributed by atoms with van der Waals surface area (Å²) in [7, 11) is 0.